The summed E-state index contributed by atoms with van der Waals surface area (Å²) < 4.78 is 8.50. The molecule has 0 fully saturated rings. The Labute approximate surface area is 129 Å². The van der Waals surface area contributed by atoms with Gasteiger partial charge in [-0.2, -0.15) is 4.98 Å². The Balaban J connectivity index is 1.72. The number of hydrogen-bond donors (Lipinski definition) is 1. The smallest absolute Gasteiger partial charge is 0.237 e. The summed E-state index contributed by atoms with van der Waals surface area (Å²) in [4.78, 5) is 5.40. The van der Waals surface area contributed by atoms with E-state index in [1.807, 2.05) is 23.7 Å². The van der Waals surface area contributed by atoms with Crippen molar-refractivity contribution in [1.82, 2.24) is 14.7 Å². The van der Waals surface area contributed by atoms with Crippen molar-refractivity contribution in [3.8, 4) is 5.88 Å². The average Bonchev–Trinajstić information content (AvgIpc) is 3.00. The number of methoxy groups -OCH3 is 1. The molecule has 4 nitrogen and oxygen atoms in total. The van der Waals surface area contributed by atoms with Gasteiger partial charge in [0.2, 0.25) is 5.88 Å². The van der Waals surface area contributed by atoms with E-state index in [2.05, 4.69) is 42.8 Å². The number of nitrogens with one attached hydrogen (secondary N) is 1. The molecule has 0 aliphatic rings. The molecule has 0 spiro atoms. The zero-order chi connectivity index (χ0) is 13.9. The van der Waals surface area contributed by atoms with Crippen LogP contribution in [0.4, 0.5) is 0 Å². The van der Waals surface area contributed by atoms with E-state index in [4.69, 9.17) is 4.74 Å². The molecule has 1 N–H and O–H groups in total. The summed E-state index contributed by atoms with van der Waals surface area (Å²) in [5, 5.41) is 5.46. The number of imidazole rings is 1. The normalized spacial score (nSPS) is 11.1. The zero-order valence-corrected chi connectivity index (χ0v) is 13.4. The van der Waals surface area contributed by atoms with E-state index >= 15 is 0 Å². The second kappa shape index (κ2) is 5.95. The highest BCUT2D eigenvalue weighted by Gasteiger charge is 2.12. The first kappa shape index (κ1) is 13.6. The van der Waals surface area contributed by atoms with Gasteiger partial charge in [0.15, 0.2) is 4.96 Å². The largest absolute Gasteiger partial charge is 0.480 e. The predicted octanol–water partition coefficient (Wildman–Crippen LogP) is 3.46. The number of rotatable bonds is 5. The van der Waals surface area contributed by atoms with Gasteiger partial charge in [0.25, 0.3) is 0 Å². The molecule has 3 rings (SSSR count). The molecule has 0 unspecified atom stereocenters. The van der Waals surface area contributed by atoms with Gasteiger partial charge in [-0.3, -0.25) is 4.40 Å². The molecule has 0 radical (unpaired) electrons. The summed E-state index contributed by atoms with van der Waals surface area (Å²) >= 11 is 5.09. The van der Waals surface area contributed by atoms with Crippen LogP contribution in [0.5, 0.6) is 5.88 Å². The summed E-state index contributed by atoms with van der Waals surface area (Å²) in [7, 11) is 1.66. The first-order valence-corrected chi connectivity index (χ1v) is 7.89. The molecule has 0 saturated carbocycles. The molecule has 0 bridgehead atoms. The van der Waals surface area contributed by atoms with Gasteiger partial charge in [0.05, 0.1) is 7.11 Å². The summed E-state index contributed by atoms with van der Waals surface area (Å²) in [6.45, 7) is 1.52. The van der Waals surface area contributed by atoms with Crippen molar-refractivity contribution in [3.05, 3.63) is 51.6 Å². The highest BCUT2D eigenvalue weighted by atomic mass is 79.9. The molecule has 0 saturated heterocycles. The Morgan fingerprint density at radius 3 is 3.10 bits per heavy atom. The lowest BCUT2D eigenvalue weighted by Gasteiger charge is -2.06. The molecule has 0 aliphatic carbocycles. The number of hydrogen-bond acceptors (Lipinski definition) is 4. The quantitative estimate of drug-likeness (QED) is 0.764. The molecule has 1 aromatic carbocycles. The van der Waals surface area contributed by atoms with Crippen molar-refractivity contribution in [2.75, 3.05) is 7.11 Å². The molecule has 2 heterocycles. The molecular weight excluding hydrogens is 338 g/mol. The number of benzene rings is 1. The third-order valence-corrected chi connectivity index (χ3v) is 4.28. The van der Waals surface area contributed by atoms with Crippen molar-refractivity contribution in [1.29, 1.82) is 0 Å². The fourth-order valence-electron chi connectivity index (χ4n) is 2.11. The van der Waals surface area contributed by atoms with Crippen LogP contribution in [0.15, 0.2) is 40.3 Å². The third-order valence-electron chi connectivity index (χ3n) is 3.03. The maximum absolute atomic E-state index is 5.34. The van der Waals surface area contributed by atoms with E-state index in [1.54, 1.807) is 18.4 Å². The van der Waals surface area contributed by atoms with E-state index in [0.717, 1.165) is 21.7 Å². The molecule has 20 heavy (non-hydrogen) atoms. The third kappa shape index (κ3) is 2.72. The van der Waals surface area contributed by atoms with Crippen LogP contribution in [0.1, 0.15) is 11.3 Å². The van der Waals surface area contributed by atoms with Gasteiger partial charge < -0.3 is 10.1 Å². The van der Waals surface area contributed by atoms with Crippen LogP contribution in [-0.2, 0) is 13.1 Å². The number of fused-ring (bicyclic) bond motifs is 1. The monoisotopic (exact) mass is 351 g/mol. The lowest BCUT2D eigenvalue weighted by Crippen LogP contribution is -2.14. The maximum Gasteiger partial charge on any atom is 0.237 e. The lowest BCUT2D eigenvalue weighted by atomic mass is 10.2. The minimum Gasteiger partial charge on any atom is -0.480 e. The Morgan fingerprint density at radius 2 is 2.30 bits per heavy atom. The van der Waals surface area contributed by atoms with Gasteiger partial charge in [-0.05, 0) is 17.7 Å². The number of thiazole rings is 1. The first-order valence-electron chi connectivity index (χ1n) is 6.21. The number of ether oxygens (including phenoxy) is 1. The minimum absolute atomic E-state index is 0.693. The minimum atomic E-state index is 0.693. The summed E-state index contributed by atoms with van der Waals surface area (Å²) in [6, 6.07) is 8.28. The van der Waals surface area contributed by atoms with Crippen molar-refractivity contribution in [2.45, 2.75) is 13.1 Å². The number of halogens is 1. The van der Waals surface area contributed by atoms with E-state index in [1.165, 1.54) is 5.56 Å². The molecule has 0 aliphatic heterocycles. The van der Waals surface area contributed by atoms with Crippen molar-refractivity contribution in [3.63, 3.8) is 0 Å². The topological polar surface area (TPSA) is 38.6 Å². The highest BCUT2D eigenvalue weighted by Crippen LogP contribution is 2.23. The van der Waals surface area contributed by atoms with Crippen LogP contribution in [-0.4, -0.2) is 16.5 Å². The van der Waals surface area contributed by atoms with Crippen LogP contribution >= 0.6 is 27.3 Å². The second-order valence-corrected chi connectivity index (χ2v) is 6.15. The van der Waals surface area contributed by atoms with Crippen LogP contribution in [0.3, 0.4) is 0 Å². The van der Waals surface area contributed by atoms with E-state index in [9.17, 15) is 0 Å². The Bertz CT molecular complexity index is 722. The maximum atomic E-state index is 5.34. The summed E-state index contributed by atoms with van der Waals surface area (Å²) in [6.07, 6.45) is 2.02. The van der Waals surface area contributed by atoms with Gasteiger partial charge in [-0.1, -0.05) is 28.1 Å². The molecular formula is C14H14BrN3OS. The fraction of sp³-hybridized carbons (Fsp3) is 0.214. The van der Waals surface area contributed by atoms with E-state index in [-0.39, 0.29) is 0 Å². The lowest BCUT2D eigenvalue weighted by molar-refractivity contribution is 0.393. The van der Waals surface area contributed by atoms with Crippen molar-refractivity contribution < 1.29 is 4.74 Å². The van der Waals surface area contributed by atoms with Crippen molar-refractivity contribution in [2.24, 2.45) is 0 Å². The first-order chi connectivity index (χ1) is 9.78. The van der Waals surface area contributed by atoms with Crippen LogP contribution < -0.4 is 10.1 Å². The molecule has 2 aromatic heterocycles. The summed E-state index contributed by atoms with van der Waals surface area (Å²) in [5.74, 6) is 0.693. The fourth-order valence-corrected chi connectivity index (χ4v) is 3.28. The van der Waals surface area contributed by atoms with E-state index < -0.39 is 0 Å². The van der Waals surface area contributed by atoms with Gasteiger partial charge in [0.1, 0.15) is 5.69 Å². The molecule has 3 aromatic rings. The van der Waals surface area contributed by atoms with Gasteiger partial charge in [0, 0.05) is 29.1 Å². The SMILES string of the molecule is COc1nc2sccn2c1CNCc1cccc(Br)c1. The van der Waals surface area contributed by atoms with Crippen LogP contribution in [0, 0.1) is 0 Å². The number of aromatic nitrogens is 2. The predicted molar refractivity (Wildman–Crippen MR) is 84.3 cm³/mol. The Hall–Kier alpha value is -1.37. The zero-order valence-electron chi connectivity index (χ0n) is 11.0. The highest BCUT2D eigenvalue weighted by molar-refractivity contribution is 9.10. The molecule has 104 valence electrons. The average molecular weight is 352 g/mol. The van der Waals surface area contributed by atoms with Crippen LogP contribution in [0.2, 0.25) is 0 Å². The molecule has 6 heteroatoms. The van der Waals surface area contributed by atoms with Gasteiger partial charge in [-0.15, -0.1) is 11.3 Å². The molecule has 0 atom stereocenters. The Morgan fingerprint density at radius 1 is 1.40 bits per heavy atom. The van der Waals surface area contributed by atoms with Crippen molar-refractivity contribution >= 4 is 32.2 Å². The van der Waals surface area contributed by atoms with Gasteiger partial charge in [-0.25, -0.2) is 0 Å². The van der Waals surface area contributed by atoms with Crippen LogP contribution in [0.25, 0.3) is 4.96 Å². The molecule has 0 amide bonds. The number of nitrogens with zero attached hydrogens (tertiary/aromatic N) is 2. The summed E-state index contributed by atoms with van der Waals surface area (Å²) in [5.41, 5.74) is 2.29. The van der Waals surface area contributed by atoms with Gasteiger partial charge >= 0.3 is 0 Å². The van der Waals surface area contributed by atoms with E-state index in [0.29, 0.717) is 12.4 Å². The second-order valence-electron chi connectivity index (χ2n) is 4.36. The Kier molecular flexibility index (Phi) is 4.05. The standard InChI is InChI=1S/C14H14BrN3OS/c1-19-13-12(18-5-6-20-14(18)17-13)9-16-8-10-3-2-4-11(15)7-10/h2-7,16H,8-9H2,1H3.